The number of halogens is 2. The van der Waals surface area contributed by atoms with Crippen molar-refractivity contribution in [3.05, 3.63) is 76.3 Å². The highest BCUT2D eigenvalue weighted by Gasteiger charge is 2.28. The minimum absolute atomic E-state index is 0.0101. The van der Waals surface area contributed by atoms with Crippen molar-refractivity contribution < 1.29 is 23.6 Å². The number of aromatic nitrogens is 1. The third kappa shape index (κ3) is 3.98. The highest BCUT2D eigenvalue weighted by atomic mass is 35.5. The Hall–Kier alpha value is -3.19. The summed E-state index contributed by atoms with van der Waals surface area (Å²) in [5, 5.41) is 16.5. The monoisotopic (exact) mass is 388 g/mol. The van der Waals surface area contributed by atoms with Crippen molar-refractivity contribution in [1.82, 2.24) is 10.5 Å². The molecule has 0 bridgehead atoms. The van der Waals surface area contributed by atoms with Gasteiger partial charge in [-0.25, -0.2) is 9.18 Å². The normalized spacial score (nSPS) is 11.8. The molecule has 0 aliphatic carbocycles. The molecule has 2 aromatic carbocycles. The zero-order chi connectivity index (χ0) is 19.6. The average Bonchev–Trinajstić information content (AvgIpc) is 3.08. The molecule has 1 amide bonds. The molecule has 27 heavy (non-hydrogen) atoms. The highest BCUT2D eigenvalue weighted by Crippen LogP contribution is 2.29. The van der Waals surface area contributed by atoms with E-state index >= 15 is 0 Å². The first kappa shape index (κ1) is 18.6. The Morgan fingerprint density at radius 2 is 1.78 bits per heavy atom. The van der Waals surface area contributed by atoms with Crippen LogP contribution in [-0.2, 0) is 0 Å². The van der Waals surface area contributed by atoms with E-state index in [2.05, 4.69) is 10.5 Å². The third-order valence-corrected chi connectivity index (χ3v) is 4.15. The Bertz CT molecular complexity index is 984. The summed E-state index contributed by atoms with van der Waals surface area (Å²) in [7, 11) is 0. The molecule has 0 saturated carbocycles. The van der Waals surface area contributed by atoms with Crippen molar-refractivity contribution in [3.63, 3.8) is 0 Å². The molecule has 2 N–H and O–H groups in total. The molecule has 0 spiro atoms. The molecule has 0 fully saturated rings. The molecule has 3 rings (SSSR count). The van der Waals surface area contributed by atoms with E-state index in [0.29, 0.717) is 16.1 Å². The van der Waals surface area contributed by atoms with Gasteiger partial charge in [0.1, 0.15) is 17.1 Å². The van der Waals surface area contributed by atoms with E-state index in [4.69, 9.17) is 16.1 Å². The predicted molar refractivity (Wildman–Crippen MR) is 96.2 cm³/mol. The third-order valence-electron chi connectivity index (χ3n) is 3.90. The maximum atomic E-state index is 13.1. The van der Waals surface area contributed by atoms with Crippen LogP contribution in [0.2, 0.25) is 5.02 Å². The summed E-state index contributed by atoms with van der Waals surface area (Å²) in [6, 6.07) is 10.7. The summed E-state index contributed by atoms with van der Waals surface area (Å²) in [4.78, 5) is 24.1. The lowest BCUT2D eigenvalue weighted by atomic mass is 10.0. The largest absolute Gasteiger partial charge is 0.477 e. The molecule has 0 aliphatic heterocycles. The van der Waals surface area contributed by atoms with Gasteiger partial charge in [-0.1, -0.05) is 16.8 Å². The lowest BCUT2D eigenvalue weighted by molar-refractivity contribution is 0.0692. The van der Waals surface area contributed by atoms with Crippen LogP contribution < -0.4 is 5.32 Å². The first-order chi connectivity index (χ1) is 12.9. The van der Waals surface area contributed by atoms with E-state index in [1.807, 2.05) is 0 Å². The number of amides is 1. The maximum absolute atomic E-state index is 13.1. The van der Waals surface area contributed by atoms with E-state index < -0.39 is 23.7 Å². The number of nitrogens with one attached hydrogen (secondary N) is 1. The molecule has 138 valence electrons. The molecule has 0 aliphatic rings. The van der Waals surface area contributed by atoms with Crippen molar-refractivity contribution in [2.45, 2.75) is 13.0 Å². The van der Waals surface area contributed by atoms with E-state index in [1.54, 1.807) is 31.2 Å². The van der Waals surface area contributed by atoms with Crippen LogP contribution in [0.4, 0.5) is 4.39 Å². The summed E-state index contributed by atoms with van der Waals surface area (Å²) in [5.74, 6) is -2.15. The summed E-state index contributed by atoms with van der Waals surface area (Å²) in [5.41, 5.74) is 0.622. The number of hydrogen-bond acceptors (Lipinski definition) is 4. The van der Waals surface area contributed by atoms with Crippen molar-refractivity contribution >= 4 is 23.5 Å². The first-order valence-electron chi connectivity index (χ1n) is 7.92. The van der Waals surface area contributed by atoms with Gasteiger partial charge in [0.15, 0.2) is 5.76 Å². The van der Waals surface area contributed by atoms with Crippen molar-refractivity contribution in [2.75, 3.05) is 0 Å². The van der Waals surface area contributed by atoms with Crippen molar-refractivity contribution in [1.29, 1.82) is 0 Å². The zero-order valence-corrected chi connectivity index (χ0v) is 14.8. The number of carboxylic acids is 1. The summed E-state index contributed by atoms with van der Waals surface area (Å²) < 4.78 is 18.3. The molecule has 1 heterocycles. The van der Waals surface area contributed by atoms with E-state index in [-0.39, 0.29) is 17.0 Å². The number of rotatable bonds is 5. The fraction of sp³-hybridized carbons (Fsp3) is 0.105. The summed E-state index contributed by atoms with van der Waals surface area (Å²) in [6.07, 6.45) is 0. The van der Waals surface area contributed by atoms with Gasteiger partial charge in [0.2, 0.25) is 0 Å². The Labute approximate surface area is 158 Å². The van der Waals surface area contributed by atoms with Gasteiger partial charge < -0.3 is 14.9 Å². The highest BCUT2D eigenvalue weighted by molar-refractivity contribution is 6.30. The summed E-state index contributed by atoms with van der Waals surface area (Å²) in [6.45, 7) is 1.58. The molecule has 0 saturated heterocycles. The quantitative estimate of drug-likeness (QED) is 0.678. The summed E-state index contributed by atoms with van der Waals surface area (Å²) >= 11 is 5.80. The number of carboxylic acid groups (broad SMARTS) is 1. The molecule has 1 unspecified atom stereocenters. The van der Waals surface area contributed by atoms with E-state index in [9.17, 15) is 19.1 Å². The van der Waals surface area contributed by atoms with Crippen molar-refractivity contribution in [2.24, 2.45) is 0 Å². The fourth-order valence-electron chi connectivity index (χ4n) is 2.56. The molecule has 8 heteroatoms. The Kier molecular flexibility index (Phi) is 5.23. The first-order valence-corrected chi connectivity index (χ1v) is 8.30. The second kappa shape index (κ2) is 7.59. The standard InChI is InChI=1S/C19H14ClFN2O4/c1-10(22-18(24)12-2-6-13(20)7-3-12)17-15(19(25)26)16(23-27-17)11-4-8-14(21)9-5-11/h2-10H,1H3,(H,22,24)(H,25,26). The molecule has 3 aromatic rings. The topological polar surface area (TPSA) is 92.4 Å². The van der Waals surface area contributed by atoms with Crippen LogP contribution >= 0.6 is 11.6 Å². The van der Waals surface area contributed by atoms with Gasteiger partial charge in [-0.15, -0.1) is 0 Å². The van der Waals surface area contributed by atoms with Crippen LogP contribution in [0.25, 0.3) is 11.3 Å². The molecule has 0 radical (unpaired) electrons. The smallest absolute Gasteiger partial charge is 0.341 e. The second-order valence-electron chi connectivity index (χ2n) is 5.78. The predicted octanol–water partition coefficient (Wildman–Crippen LogP) is 4.32. The number of aromatic carboxylic acids is 1. The van der Waals surface area contributed by atoms with Gasteiger partial charge in [0, 0.05) is 16.1 Å². The van der Waals surface area contributed by atoms with Crippen LogP contribution in [0.5, 0.6) is 0 Å². The Balaban J connectivity index is 1.89. The number of carbonyl (C=O) groups is 2. The minimum atomic E-state index is -1.27. The minimum Gasteiger partial charge on any atom is -0.477 e. The number of hydrogen-bond donors (Lipinski definition) is 2. The van der Waals surface area contributed by atoms with E-state index in [0.717, 1.165) is 0 Å². The number of nitrogens with zero attached hydrogens (tertiary/aromatic N) is 1. The van der Waals surface area contributed by atoms with Crippen LogP contribution in [0, 0.1) is 5.82 Å². The van der Waals surface area contributed by atoms with Crippen LogP contribution in [0.3, 0.4) is 0 Å². The van der Waals surface area contributed by atoms with Gasteiger partial charge in [-0.05, 0) is 55.5 Å². The molecular weight excluding hydrogens is 375 g/mol. The Morgan fingerprint density at radius 1 is 1.15 bits per heavy atom. The van der Waals surface area contributed by atoms with Crippen molar-refractivity contribution in [3.8, 4) is 11.3 Å². The van der Waals surface area contributed by atoms with Gasteiger partial charge in [-0.3, -0.25) is 4.79 Å². The number of benzene rings is 2. The lowest BCUT2D eigenvalue weighted by Gasteiger charge is -2.12. The zero-order valence-electron chi connectivity index (χ0n) is 14.1. The van der Waals surface area contributed by atoms with E-state index in [1.165, 1.54) is 24.3 Å². The molecular formula is C19H14ClFN2O4. The SMILES string of the molecule is CC(NC(=O)c1ccc(Cl)cc1)c1onc(-c2ccc(F)cc2)c1C(=O)O. The molecule has 1 aromatic heterocycles. The molecule has 1 atom stereocenters. The van der Waals surface area contributed by atoms with Crippen LogP contribution in [0.1, 0.15) is 39.4 Å². The second-order valence-corrected chi connectivity index (χ2v) is 6.22. The lowest BCUT2D eigenvalue weighted by Crippen LogP contribution is -2.27. The van der Waals surface area contributed by atoms with Crippen LogP contribution in [0.15, 0.2) is 53.1 Å². The van der Waals surface area contributed by atoms with Gasteiger partial charge >= 0.3 is 5.97 Å². The Morgan fingerprint density at radius 3 is 2.37 bits per heavy atom. The maximum Gasteiger partial charge on any atom is 0.341 e. The van der Waals surface area contributed by atoms with Gasteiger partial charge in [0.05, 0.1) is 6.04 Å². The van der Waals surface area contributed by atoms with Gasteiger partial charge in [0.25, 0.3) is 5.91 Å². The van der Waals surface area contributed by atoms with Gasteiger partial charge in [-0.2, -0.15) is 0 Å². The fourth-order valence-corrected chi connectivity index (χ4v) is 2.68. The molecule has 6 nitrogen and oxygen atoms in total. The number of carbonyl (C=O) groups excluding carboxylic acids is 1. The van der Waals surface area contributed by atoms with Crippen LogP contribution in [-0.4, -0.2) is 22.1 Å². The average molecular weight is 389 g/mol.